The van der Waals surface area contributed by atoms with E-state index in [0.717, 1.165) is 0 Å². The van der Waals surface area contributed by atoms with Gasteiger partial charge < -0.3 is 15.2 Å². The van der Waals surface area contributed by atoms with Gasteiger partial charge in [-0.15, -0.1) is 0 Å². The summed E-state index contributed by atoms with van der Waals surface area (Å²) < 4.78 is 4.46. The van der Waals surface area contributed by atoms with Gasteiger partial charge in [0.1, 0.15) is 5.76 Å². The van der Waals surface area contributed by atoms with Gasteiger partial charge in [-0.05, 0) is 6.26 Å². The SMILES string of the molecule is CC.COC(=O)C1=C(O)CCNC1.CS. The van der Waals surface area contributed by atoms with Gasteiger partial charge in [0.25, 0.3) is 0 Å². The Morgan fingerprint density at radius 2 is 2.00 bits per heavy atom. The van der Waals surface area contributed by atoms with Crippen LogP contribution in [0.1, 0.15) is 20.3 Å². The molecule has 0 amide bonds. The molecule has 0 aromatic rings. The molecule has 5 heteroatoms. The summed E-state index contributed by atoms with van der Waals surface area (Å²) in [6, 6.07) is 0. The van der Waals surface area contributed by atoms with Gasteiger partial charge in [-0.2, -0.15) is 12.6 Å². The van der Waals surface area contributed by atoms with E-state index >= 15 is 0 Å². The van der Waals surface area contributed by atoms with Crippen LogP contribution in [0.2, 0.25) is 0 Å². The highest BCUT2D eigenvalue weighted by atomic mass is 32.1. The van der Waals surface area contributed by atoms with Crippen LogP contribution in [0.25, 0.3) is 0 Å². The Balaban J connectivity index is 0. The van der Waals surface area contributed by atoms with E-state index in [2.05, 4.69) is 22.7 Å². The zero-order valence-corrected chi connectivity index (χ0v) is 10.7. The monoisotopic (exact) mass is 235 g/mol. The number of nitrogens with one attached hydrogen (secondary N) is 1. The van der Waals surface area contributed by atoms with Crippen molar-refractivity contribution in [3.05, 3.63) is 11.3 Å². The van der Waals surface area contributed by atoms with Gasteiger partial charge >= 0.3 is 5.97 Å². The maximum absolute atomic E-state index is 10.9. The lowest BCUT2D eigenvalue weighted by Crippen LogP contribution is -2.29. The third-order valence-electron chi connectivity index (χ3n) is 1.62. The van der Waals surface area contributed by atoms with Crippen molar-refractivity contribution in [3.8, 4) is 0 Å². The number of carbonyl (C=O) groups is 1. The lowest BCUT2D eigenvalue weighted by atomic mass is 10.1. The first-order valence-corrected chi connectivity index (χ1v) is 5.80. The van der Waals surface area contributed by atoms with Crippen LogP contribution >= 0.6 is 12.6 Å². The molecule has 0 atom stereocenters. The molecule has 90 valence electrons. The quantitative estimate of drug-likeness (QED) is 0.476. The molecule has 1 aliphatic heterocycles. The number of hydrogen-bond donors (Lipinski definition) is 3. The van der Waals surface area contributed by atoms with E-state index in [1.54, 1.807) is 6.26 Å². The first-order chi connectivity index (χ1) is 7.25. The lowest BCUT2D eigenvalue weighted by molar-refractivity contribution is -0.136. The van der Waals surface area contributed by atoms with Crippen LogP contribution < -0.4 is 5.32 Å². The highest BCUT2D eigenvalue weighted by Gasteiger charge is 2.18. The molecule has 2 N–H and O–H groups in total. The Morgan fingerprint density at radius 1 is 1.47 bits per heavy atom. The van der Waals surface area contributed by atoms with E-state index in [1.165, 1.54) is 7.11 Å². The molecular weight excluding hydrogens is 214 g/mol. The average Bonchev–Trinajstić information content (AvgIpc) is 2.34. The molecule has 0 saturated heterocycles. The van der Waals surface area contributed by atoms with Gasteiger partial charge in [-0.25, -0.2) is 4.79 Å². The van der Waals surface area contributed by atoms with Crippen LogP contribution in [-0.2, 0) is 9.53 Å². The number of ether oxygens (including phenoxy) is 1. The van der Waals surface area contributed by atoms with Crippen LogP contribution in [-0.4, -0.2) is 37.5 Å². The standard InChI is InChI=1S/C7H11NO3.C2H6.CH4S/c1-11-7(10)5-4-8-3-2-6(5)9;2*1-2/h8-9H,2-4H2,1H3;1-2H3;2H,1H3. The highest BCUT2D eigenvalue weighted by Crippen LogP contribution is 2.09. The summed E-state index contributed by atoms with van der Waals surface area (Å²) in [6.07, 6.45) is 2.20. The van der Waals surface area contributed by atoms with Crippen LogP contribution in [0, 0.1) is 0 Å². The maximum Gasteiger partial charge on any atom is 0.338 e. The molecule has 0 aliphatic carbocycles. The predicted octanol–water partition coefficient (Wildman–Crippen LogP) is 1.54. The Bertz CT molecular complexity index is 205. The zero-order chi connectivity index (χ0) is 12.3. The van der Waals surface area contributed by atoms with Crippen molar-refractivity contribution in [3.63, 3.8) is 0 Å². The molecule has 0 bridgehead atoms. The molecule has 0 spiro atoms. The maximum atomic E-state index is 10.9. The van der Waals surface area contributed by atoms with Gasteiger partial charge in [0.2, 0.25) is 0 Å². The van der Waals surface area contributed by atoms with Crippen molar-refractivity contribution in [2.45, 2.75) is 20.3 Å². The zero-order valence-electron chi connectivity index (χ0n) is 9.83. The minimum atomic E-state index is -0.449. The minimum absolute atomic E-state index is 0.149. The normalized spacial score (nSPS) is 14.2. The average molecular weight is 235 g/mol. The third kappa shape index (κ3) is 6.41. The van der Waals surface area contributed by atoms with Crippen molar-refractivity contribution >= 4 is 18.6 Å². The Labute approximate surface area is 97.1 Å². The summed E-state index contributed by atoms with van der Waals surface area (Å²) in [7, 11) is 1.30. The number of hydrogen-bond acceptors (Lipinski definition) is 5. The molecule has 15 heavy (non-hydrogen) atoms. The fourth-order valence-electron chi connectivity index (χ4n) is 0.986. The molecule has 0 aromatic carbocycles. The molecule has 0 unspecified atom stereocenters. The molecule has 4 nitrogen and oxygen atoms in total. The van der Waals surface area contributed by atoms with E-state index in [4.69, 9.17) is 0 Å². The lowest BCUT2D eigenvalue weighted by Gasteiger charge is -2.14. The molecule has 1 aliphatic rings. The van der Waals surface area contributed by atoms with Gasteiger partial charge in [0.05, 0.1) is 12.7 Å². The Hall–Kier alpha value is -0.680. The van der Waals surface area contributed by atoms with Crippen LogP contribution in [0.15, 0.2) is 11.3 Å². The number of thiol groups is 1. The molecule has 0 radical (unpaired) electrons. The van der Waals surface area contributed by atoms with Crippen molar-refractivity contribution in [2.24, 2.45) is 0 Å². The first-order valence-electron chi connectivity index (χ1n) is 4.90. The number of carbonyl (C=O) groups excluding carboxylic acids is 1. The number of aliphatic hydroxyl groups is 1. The first kappa shape index (κ1) is 16.7. The number of esters is 1. The van der Waals surface area contributed by atoms with Crippen LogP contribution in [0.3, 0.4) is 0 Å². The predicted molar refractivity (Wildman–Crippen MR) is 65.4 cm³/mol. The summed E-state index contributed by atoms with van der Waals surface area (Å²) in [5.41, 5.74) is 0.346. The molecule has 1 heterocycles. The summed E-state index contributed by atoms with van der Waals surface area (Å²) in [6.45, 7) is 5.12. The van der Waals surface area contributed by atoms with E-state index in [1.807, 2.05) is 13.8 Å². The molecule has 0 fully saturated rings. The summed E-state index contributed by atoms with van der Waals surface area (Å²) in [5, 5.41) is 12.2. The number of rotatable bonds is 1. The number of aliphatic hydroxyl groups excluding tert-OH is 1. The molecule has 1 rings (SSSR count). The van der Waals surface area contributed by atoms with E-state index in [0.29, 0.717) is 25.1 Å². The van der Waals surface area contributed by atoms with E-state index in [9.17, 15) is 9.90 Å². The number of methoxy groups -OCH3 is 1. The Kier molecular flexibility index (Phi) is 12.7. The van der Waals surface area contributed by atoms with Crippen molar-refractivity contribution in [2.75, 3.05) is 26.5 Å². The second kappa shape index (κ2) is 11.4. The van der Waals surface area contributed by atoms with Crippen molar-refractivity contribution in [1.82, 2.24) is 5.32 Å². The summed E-state index contributed by atoms with van der Waals surface area (Å²) in [4.78, 5) is 10.9. The largest absolute Gasteiger partial charge is 0.512 e. The summed E-state index contributed by atoms with van der Waals surface area (Å²) >= 11 is 3.53. The molecule has 0 aromatic heterocycles. The fourth-order valence-corrected chi connectivity index (χ4v) is 0.986. The topological polar surface area (TPSA) is 58.6 Å². The molecule has 0 saturated carbocycles. The third-order valence-corrected chi connectivity index (χ3v) is 1.62. The fraction of sp³-hybridized carbons (Fsp3) is 0.700. The van der Waals surface area contributed by atoms with Crippen LogP contribution in [0.5, 0.6) is 0 Å². The van der Waals surface area contributed by atoms with Crippen molar-refractivity contribution < 1.29 is 14.6 Å². The van der Waals surface area contributed by atoms with Gasteiger partial charge in [0.15, 0.2) is 0 Å². The van der Waals surface area contributed by atoms with Gasteiger partial charge in [-0.1, -0.05) is 13.8 Å². The summed E-state index contributed by atoms with van der Waals surface area (Å²) in [5.74, 6) is -0.301. The Morgan fingerprint density at radius 3 is 2.40 bits per heavy atom. The smallest absolute Gasteiger partial charge is 0.338 e. The second-order valence-corrected chi connectivity index (χ2v) is 2.34. The highest BCUT2D eigenvalue weighted by molar-refractivity contribution is 7.79. The second-order valence-electron chi connectivity index (χ2n) is 2.34. The van der Waals surface area contributed by atoms with Gasteiger partial charge in [-0.3, -0.25) is 0 Å². The minimum Gasteiger partial charge on any atom is -0.512 e. The van der Waals surface area contributed by atoms with E-state index in [-0.39, 0.29) is 5.76 Å². The van der Waals surface area contributed by atoms with Crippen molar-refractivity contribution in [1.29, 1.82) is 0 Å². The molecular formula is C10H21NO3S. The van der Waals surface area contributed by atoms with Gasteiger partial charge in [0, 0.05) is 19.5 Å². The van der Waals surface area contributed by atoms with E-state index < -0.39 is 5.97 Å². The van der Waals surface area contributed by atoms with Crippen LogP contribution in [0.4, 0.5) is 0 Å².